The molecule has 1 amide bonds. The lowest BCUT2D eigenvalue weighted by atomic mass is 9.87. The van der Waals surface area contributed by atoms with Crippen LogP contribution in [0.1, 0.15) is 56.0 Å². The Morgan fingerprint density at radius 2 is 1.93 bits per heavy atom. The van der Waals surface area contributed by atoms with Gasteiger partial charge in [-0.25, -0.2) is 0 Å². The zero-order valence-corrected chi connectivity index (χ0v) is 17.7. The van der Waals surface area contributed by atoms with E-state index in [0.717, 1.165) is 50.6 Å². The van der Waals surface area contributed by atoms with Crippen LogP contribution in [0.25, 0.3) is 0 Å². The van der Waals surface area contributed by atoms with Crippen molar-refractivity contribution in [2.75, 3.05) is 39.9 Å². The quantitative estimate of drug-likeness (QED) is 0.855. The highest BCUT2D eigenvalue weighted by molar-refractivity contribution is 5.92. The van der Waals surface area contributed by atoms with E-state index in [-0.39, 0.29) is 17.0 Å². The van der Waals surface area contributed by atoms with Gasteiger partial charge in [0, 0.05) is 36.3 Å². The van der Waals surface area contributed by atoms with Crippen molar-refractivity contribution in [1.29, 1.82) is 0 Å². The summed E-state index contributed by atoms with van der Waals surface area (Å²) in [6.07, 6.45) is 1.07. The summed E-state index contributed by atoms with van der Waals surface area (Å²) in [4.78, 5) is 17.4. The van der Waals surface area contributed by atoms with E-state index in [1.807, 2.05) is 13.0 Å². The van der Waals surface area contributed by atoms with Crippen molar-refractivity contribution in [1.82, 2.24) is 15.1 Å². The van der Waals surface area contributed by atoms with Crippen molar-refractivity contribution < 1.29 is 13.9 Å². The Hall–Kier alpha value is -1.37. The minimum atomic E-state index is -0.108. The molecule has 2 aliphatic heterocycles. The van der Waals surface area contributed by atoms with Gasteiger partial charge in [-0.15, -0.1) is 0 Å². The normalized spacial score (nSPS) is 25.6. The molecule has 2 saturated heterocycles. The van der Waals surface area contributed by atoms with Crippen LogP contribution in [0.3, 0.4) is 0 Å². The van der Waals surface area contributed by atoms with Crippen molar-refractivity contribution in [3.63, 3.8) is 0 Å². The SMILES string of the molecule is Cc1cc(CN2CCOCC2)oc1C(=O)NCC1CC(C)(C)N(C)C1(C)C. The first-order valence-electron chi connectivity index (χ1n) is 10.0. The van der Waals surface area contributed by atoms with Gasteiger partial charge in [0.25, 0.3) is 5.91 Å². The molecule has 1 unspecified atom stereocenters. The zero-order valence-electron chi connectivity index (χ0n) is 17.7. The summed E-state index contributed by atoms with van der Waals surface area (Å²) in [5.74, 6) is 1.59. The maximum absolute atomic E-state index is 12.7. The van der Waals surface area contributed by atoms with Gasteiger partial charge in [-0.1, -0.05) is 0 Å². The van der Waals surface area contributed by atoms with Crippen LogP contribution in [0.15, 0.2) is 10.5 Å². The number of likely N-dealkylation sites (tertiary alicyclic amines) is 1. The molecule has 0 bridgehead atoms. The second kappa shape index (κ2) is 7.57. The van der Waals surface area contributed by atoms with Crippen LogP contribution in [0.5, 0.6) is 0 Å². The molecule has 0 spiro atoms. The van der Waals surface area contributed by atoms with E-state index in [1.165, 1.54) is 0 Å². The van der Waals surface area contributed by atoms with Crippen LogP contribution in [-0.4, -0.2) is 66.7 Å². The number of amides is 1. The third-order valence-corrected chi connectivity index (χ3v) is 6.68. The van der Waals surface area contributed by atoms with Crippen LogP contribution in [0, 0.1) is 12.8 Å². The van der Waals surface area contributed by atoms with Crippen molar-refractivity contribution in [2.45, 2.75) is 58.7 Å². The smallest absolute Gasteiger partial charge is 0.287 e. The van der Waals surface area contributed by atoms with Crippen LogP contribution >= 0.6 is 0 Å². The van der Waals surface area contributed by atoms with Gasteiger partial charge in [0.2, 0.25) is 0 Å². The summed E-state index contributed by atoms with van der Waals surface area (Å²) in [7, 11) is 2.18. The fourth-order valence-corrected chi connectivity index (χ4v) is 4.49. The Kier molecular flexibility index (Phi) is 5.71. The van der Waals surface area contributed by atoms with E-state index >= 15 is 0 Å². The van der Waals surface area contributed by atoms with Crippen LogP contribution in [0.2, 0.25) is 0 Å². The van der Waals surface area contributed by atoms with E-state index in [2.05, 4.69) is 49.9 Å². The fraction of sp³-hybridized carbons (Fsp3) is 0.762. The molecule has 6 nitrogen and oxygen atoms in total. The number of morpholine rings is 1. The molecule has 6 heteroatoms. The number of hydrogen-bond acceptors (Lipinski definition) is 5. The Morgan fingerprint density at radius 3 is 2.52 bits per heavy atom. The summed E-state index contributed by atoms with van der Waals surface area (Å²) in [5, 5.41) is 3.12. The second-order valence-electron chi connectivity index (χ2n) is 9.25. The monoisotopic (exact) mass is 377 g/mol. The Labute approximate surface area is 163 Å². The molecule has 0 aliphatic carbocycles. The molecule has 0 aromatic carbocycles. The molecule has 2 aliphatic rings. The third-order valence-electron chi connectivity index (χ3n) is 6.68. The van der Waals surface area contributed by atoms with Crippen molar-refractivity contribution in [3.05, 3.63) is 23.2 Å². The van der Waals surface area contributed by atoms with Gasteiger partial charge in [0.15, 0.2) is 5.76 Å². The number of furan rings is 1. The molecular weight excluding hydrogens is 342 g/mol. The van der Waals surface area contributed by atoms with Gasteiger partial charge >= 0.3 is 0 Å². The maximum atomic E-state index is 12.7. The molecule has 152 valence electrons. The lowest BCUT2D eigenvalue weighted by molar-refractivity contribution is 0.0311. The number of carbonyl (C=O) groups is 1. The number of hydrogen-bond donors (Lipinski definition) is 1. The molecule has 1 N–H and O–H groups in total. The highest BCUT2D eigenvalue weighted by atomic mass is 16.5. The van der Waals surface area contributed by atoms with Gasteiger partial charge < -0.3 is 14.5 Å². The average Bonchev–Trinajstić information content (AvgIpc) is 3.04. The molecular formula is C21H35N3O3. The fourth-order valence-electron chi connectivity index (χ4n) is 4.49. The van der Waals surface area contributed by atoms with Crippen LogP contribution < -0.4 is 5.32 Å². The van der Waals surface area contributed by atoms with Crippen molar-refractivity contribution in [2.24, 2.45) is 5.92 Å². The predicted molar refractivity (Wildman–Crippen MR) is 106 cm³/mol. The number of nitrogens with one attached hydrogen (secondary N) is 1. The van der Waals surface area contributed by atoms with Gasteiger partial charge in [-0.3, -0.25) is 14.6 Å². The molecule has 1 aromatic rings. The van der Waals surface area contributed by atoms with E-state index in [9.17, 15) is 4.79 Å². The van der Waals surface area contributed by atoms with Gasteiger partial charge in [-0.05, 0) is 60.1 Å². The highest BCUT2D eigenvalue weighted by Gasteiger charge is 2.49. The van der Waals surface area contributed by atoms with Crippen LogP contribution in [-0.2, 0) is 11.3 Å². The summed E-state index contributed by atoms with van der Waals surface area (Å²) >= 11 is 0. The van der Waals surface area contributed by atoms with E-state index < -0.39 is 0 Å². The first-order valence-corrected chi connectivity index (χ1v) is 10.0. The number of nitrogens with zero attached hydrogens (tertiary/aromatic N) is 2. The molecule has 1 atom stereocenters. The van der Waals surface area contributed by atoms with Crippen LogP contribution in [0.4, 0.5) is 0 Å². The van der Waals surface area contributed by atoms with Gasteiger partial charge in [-0.2, -0.15) is 0 Å². The molecule has 1 aromatic heterocycles. The Morgan fingerprint density at radius 1 is 1.26 bits per heavy atom. The van der Waals surface area contributed by atoms with Crippen molar-refractivity contribution >= 4 is 5.91 Å². The largest absolute Gasteiger partial charge is 0.454 e. The standard InChI is InChI=1S/C21H35N3O3/c1-15-11-17(14-24-7-9-26-10-8-24)27-18(15)19(25)22-13-16-12-20(2,3)23(6)21(16,4)5/h11,16H,7-10,12-14H2,1-6H3,(H,22,25). The highest BCUT2D eigenvalue weighted by Crippen LogP contribution is 2.43. The molecule has 0 radical (unpaired) electrons. The average molecular weight is 378 g/mol. The van der Waals surface area contributed by atoms with Gasteiger partial charge in [0.05, 0.1) is 19.8 Å². The molecule has 3 heterocycles. The molecule has 2 fully saturated rings. The summed E-state index contributed by atoms with van der Waals surface area (Å²) in [6.45, 7) is 15.7. The minimum Gasteiger partial charge on any atom is -0.454 e. The second-order valence-corrected chi connectivity index (χ2v) is 9.25. The number of carbonyl (C=O) groups excluding carboxylic acids is 1. The summed E-state index contributed by atoms with van der Waals surface area (Å²) in [5.41, 5.74) is 1.10. The lowest BCUT2D eigenvalue weighted by Crippen LogP contribution is -2.48. The van der Waals surface area contributed by atoms with Crippen molar-refractivity contribution in [3.8, 4) is 0 Å². The van der Waals surface area contributed by atoms with Gasteiger partial charge in [0.1, 0.15) is 5.76 Å². The van der Waals surface area contributed by atoms with E-state index in [4.69, 9.17) is 9.15 Å². The summed E-state index contributed by atoms with van der Waals surface area (Å²) < 4.78 is 11.3. The first kappa shape index (κ1) is 20.4. The zero-order chi connectivity index (χ0) is 19.8. The lowest BCUT2D eigenvalue weighted by Gasteiger charge is -2.38. The minimum absolute atomic E-state index is 0.0521. The first-order chi connectivity index (χ1) is 12.6. The van der Waals surface area contributed by atoms with E-state index in [0.29, 0.717) is 18.2 Å². The third kappa shape index (κ3) is 4.23. The molecule has 0 saturated carbocycles. The van der Waals surface area contributed by atoms with E-state index in [1.54, 1.807) is 0 Å². The maximum Gasteiger partial charge on any atom is 0.287 e. The summed E-state index contributed by atoms with van der Waals surface area (Å²) in [6, 6.07) is 1.99. The molecule has 27 heavy (non-hydrogen) atoms. The molecule has 3 rings (SSSR count). The number of ether oxygens (including phenoxy) is 1. The topological polar surface area (TPSA) is 58.0 Å². The predicted octanol–water partition coefficient (Wildman–Crippen LogP) is 2.66. The number of aryl methyl sites for hydroxylation is 1. The Balaban J connectivity index is 1.60. The number of rotatable bonds is 5. The Bertz CT molecular complexity index is 674.